The van der Waals surface area contributed by atoms with Gasteiger partial charge in [0.25, 0.3) is 0 Å². The van der Waals surface area contributed by atoms with Crippen LogP contribution in [0.1, 0.15) is 62.1 Å². The predicted molar refractivity (Wildman–Crippen MR) is 89.2 cm³/mol. The number of carbonyl (C=O) groups excluding carboxylic acids is 1. The van der Waals surface area contributed by atoms with Gasteiger partial charge in [0.15, 0.2) is 5.82 Å². The molecule has 3 aliphatic heterocycles. The van der Waals surface area contributed by atoms with E-state index in [1.165, 1.54) is 0 Å². The van der Waals surface area contributed by atoms with E-state index in [0.717, 1.165) is 64.1 Å². The molecule has 138 valence electrons. The summed E-state index contributed by atoms with van der Waals surface area (Å²) in [6.45, 7) is 4.48. The lowest BCUT2D eigenvalue weighted by Crippen LogP contribution is -2.43. The maximum atomic E-state index is 12.8. The SMILES string of the molecule is O=C(C1CCOCC1)N1CCC[C@H](c2nc(C3CCOCC3)no2)C1. The number of hydrogen-bond donors (Lipinski definition) is 0. The summed E-state index contributed by atoms with van der Waals surface area (Å²) in [6.07, 6.45) is 5.60. The van der Waals surface area contributed by atoms with Gasteiger partial charge in [-0.3, -0.25) is 4.79 Å². The molecule has 1 atom stereocenters. The van der Waals surface area contributed by atoms with E-state index < -0.39 is 0 Å². The Bertz CT molecular complexity index is 579. The molecule has 1 aromatic rings. The highest BCUT2D eigenvalue weighted by atomic mass is 16.5. The van der Waals surface area contributed by atoms with Crippen molar-refractivity contribution in [3.63, 3.8) is 0 Å². The molecule has 3 aliphatic rings. The van der Waals surface area contributed by atoms with E-state index in [2.05, 4.69) is 10.1 Å². The molecule has 7 nitrogen and oxygen atoms in total. The number of ether oxygens (including phenoxy) is 2. The van der Waals surface area contributed by atoms with Crippen molar-refractivity contribution in [1.82, 2.24) is 15.0 Å². The topological polar surface area (TPSA) is 77.7 Å². The number of aromatic nitrogens is 2. The molecule has 1 amide bonds. The van der Waals surface area contributed by atoms with E-state index in [0.29, 0.717) is 31.6 Å². The van der Waals surface area contributed by atoms with Crippen LogP contribution < -0.4 is 0 Å². The minimum absolute atomic E-state index is 0.119. The van der Waals surface area contributed by atoms with Crippen LogP contribution in [0.15, 0.2) is 4.52 Å². The minimum Gasteiger partial charge on any atom is -0.381 e. The second kappa shape index (κ2) is 7.83. The van der Waals surface area contributed by atoms with Gasteiger partial charge in [-0.2, -0.15) is 4.98 Å². The zero-order chi connectivity index (χ0) is 17.1. The number of piperidine rings is 1. The molecule has 0 aromatic carbocycles. The summed E-state index contributed by atoms with van der Waals surface area (Å²) in [5.41, 5.74) is 0. The van der Waals surface area contributed by atoms with Crippen LogP contribution in [0.4, 0.5) is 0 Å². The fourth-order valence-electron chi connectivity index (χ4n) is 4.12. The molecule has 4 rings (SSSR count). The van der Waals surface area contributed by atoms with Crippen LogP contribution in [-0.4, -0.2) is 60.5 Å². The van der Waals surface area contributed by atoms with Crippen molar-refractivity contribution in [2.24, 2.45) is 5.92 Å². The fraction of sp³-hybridized carbons (Fsp3) is 0.833. The Kier molecular flexibility index (Phi) is 5.31. The zero-order valence-electron chi connectivity index (χ0n) is 14.7. The molecule has 0 unspecified atom stereocenters. The molecular formula is C18H27N3O4. The van der Waals surface area contributed by atoms with Gasteiger partial charge in [-0.05, 0) is 38.5 Å². The molecule has 0 saturated carbocycles. The monoisotopic (exact) mass is 349 g/mol. The average Bonchev–Trinajstić information content (AvgIpc) is 3.19. The van der Waals surface area contributed by atoms with Crippen LogP contribution in [-0.2, 0) is 14.3 Å². The third-order valence-corrected chi connectivity index (χ3v) is 5.70. The van der Waals surface area contributed by atoms with Gasteiger partial charge in [-0.1, -0.05) is 5.16 Å². The lowest BCUT2D eigenvalue weighted by atomic mass is 9.93. The van der Waals surface area contributed by atoms with Crippen molar-refractivity contribution in [2.45, 2.75) is 50.4 Å². The van der Waals surface area contributed by atoms with Crippen LogP contribution >= 0.6 is 0 Å². The van der Waals surface area contributed by atoms with Crippen LogP contribution in [0, 0.1) is 5.92 Å². The van der Waals surface area contributed by atoms with Gasteiger partial charge < -0.3 is 18.9 Å². The number of amides is 1. The van der Waals surface area contributed by atoms with Crippen molar-refractivity contribution in [3.8, 4) is 0 Å². The number of carbonyl (C=O) groups is 1. The normalized spacial score (nSPS) is 26.7. The van der Waals surface area contributed by atoms with Crippen LogP contribution in [0.25, 0.3) is 0 Å². The molecular weight excluding hydrogens is 322 g/mol. The van der Waals surface area contributed by atoms with Gasteiger partial charge in [0.1, 0.15) is 0 Å². The molecule has 4 heterocycles. The Morgan fingerprint density at radius 1 is 0.960 bits per heavy atom. The lowest BCUT2D eigenvalue weighted by molar-refractivity contribution is -0.139. The molecule has 1 aromatic heterocycles. The highest BCUT2D eigenvalue weighted by molar-refractivity contribution is 5.79. The second-order valence-electron chi connectivity index (χ2n) is 7.39. The summed E-state index contributed by atoms with van der Waals surface area (Å²) >= 11 is 0. The standard InChI is InChI=1S/C18H27N3O4/c22-18(14-5-10-24-11-6-14)21-7-1-2-15(12-21)17-19-16(20-25-17)13-3-8-23-9-4-13/h13-15H,1-12H2/t15-/m0/s1. The Balaban J connectivity index is 1.39. The van der Waals surface area contributed by atoms with E-state index in [1.54, 1.807) is 0 Å². The van der Waals surface area contributed by atoms with E-state index in [9.17, 15) is 4.79 Å². The van der Waals surface area contributed by atoms with Gasteiger partial charge in [-0.25, -0.2) is 0 Å². The molecule has 0 spiro atoms. The first-order valence-corrected chi connectivity index (χ1v) is 9.59. The van der Waals surface area contributed by atoms with E-state index in [4.69, 9.17) is 14.0 Å². The van der Waals surface area contributed by atoms with Gasteiger partial charge in [-0.15, -0.1) is 0 Å². The van der Waals surface area contributed by atoms with E-state index >= 15 is 0 Å². The third kappa shape index (κ3) is 3.87. The predicted octanol–water partition coefficient (Wildman–Crippen LogP) is 2.10. The summed E-state index contributed by atoms with van der Waals surface area (Å²) < 4.78 is 16.3. The van der Waals surface area contributed by atoms with E-state index in [1.807, 2.05) is 4.90 Å². The first-order valence-electron chi connectivity index (χ1n) is 9.59. The summed E-state index contributed by atoms with van der Waals surface area (Å²) in [4.78, 5) is 19.4. The highest BCUT2D eigenvalue weighted by Crippen LogP contribution is 2.30. The Hall–Kier alpha value is -1.47. The Labute approximate surface area is 148 Å². The van der Waals surface area contributed by atoms with Crippen LogP contribution in [0.3, 0.4) is 0 Å². The van der Waals surface area contributed by atoms with Crippen LogP contribution in [0.5, 0.6) is 0 Å². The lowest BCUT2D eigenvalue weighted by Gasteiger charge is -2.34. The summed E-state index contributed by atoms with van der Waals surface area (Å²) in [5.74, 6) is 2.41. The smallest absolute Gasteiger partial charge is 0.231 e. The Morgan fingerprint density at radius 2 is 1.68 bits per heavy atom. The van der Waals surface area contributed by atoms with Gasteiger partial charge in [0, 0.05) is 51.4 Å². The van der Waals surface area contributed by atoms with Gasteiger partial charge in [0.2, 0.25) is 11.8 Å². The zero-order valence-corrected chi connectivity index (χ0v) is 14.7. The van der Waals surface area contributed by atoms with Gasteiger partial charge >= 0.3 is 0 Å². The minimum atomic E-state index is 0.119. The number of rotatable bonds is 3. The van der Waals surface area contributed by atoms with Crippen molar-refractivity contribution in [2.75, 3.05) is 39.5 Å². The first-order chi connectivity index (χ1) is 12.3. The maximum Gasteiger partial charge on any atom is 0.231 e. The van der Waals surface area contributed by atoms with Gasteiger partial charge in [0.05, 0.1) is 5.92 Å². The highest BCUT2D eigenvalue weighted by Gasteiger charge is 2.33. The molecule has 0 aliphatic carbocycles. The van der Waals surface area contributed by atoms with E-state index in [-0.39, 0.29) is 17.7 Å². The molecule has 3 saturated heterocycles. The maximum absolute atomic E-state index is 12.8. The molecule has 25 heavy (non-hydrogen) atoms. The fourth-order valence-corrected chi connectivity index (χ4v) is 4.12. The average molecular weight is 349 g/mol. The quantitative estimate of drug-likeness (QED) is 0.832. The molecule has 3 fully saturated rings. The second-order valence-corrected chi connectivity index (χ2v) is 7.39. The largest absolute Gasteiger partial charge is 0.381 e. The van der Waals surface area contributed by atoms with Crippen molar-refractivity contribution >= 4 is 5.91 Å². The first kappa shape index (κ1) is 17.0. The summed E-state index contributed by atoms with van der Waals surface area (Å²) in [5, 5.41) is 4.21. The summed E-state index contributed by atoms with van der Waals surface area (Å²) in [6, 6.07) is 0. The molecule has 0 radical (unpaired) electrons. The molecule has 7 heteroatoms. The number of likely N-dealkylation sites (tertiary alicyclic amines) is 1. The van der Waals surface area contributed by atoms with Crippen molar-refractivity contribution < 1.29 is 18.8 Å². The third-order valence-electron chi connectivity index (χ3n) is 5.70. The van der Waals surface area contributed by atoms with Crippen LogP contribution in [0.2, 0.25) is 0 Å². The van der Waals surface area contributed by atoms with Crippen molar-refractivity contribution in [1.29, 1.82) is 0 Å². The molecule has 0 bridgehead atoms. The summed E-state index contributed by atoms with van der Waals surface area (Å²) in [7, 11) is 0. The molecule has 0 N–H and O–H groups in total. The number of hydrogen-bond acceptors (Lipinski definition) is 6. The number of nitrogens with zero attached hydrogens (tertiary/aromatic N) is 3. The Morgan fingerprint density at radius 3 is 2.44 bits per heavy atom. The van der Waals surface area contributed by atoms with Crippen molar-refractivity contribution in [3.05, 3.63) is 11.7 Å².